The van der Waals surface area contributed by atoms with Crippen LogP contribution in [-0.4, -0.2) is 44.2 Å². The lowest BCUT2D eigenvalue weighted by molar-refractivity contribution is -0.0520. The second kappa shape index (κ2) is 10.5. The van der Waals surface area contributed by atoms with Gasteiger partial charge in [-0.05, 0) is 79.4 Å². The van der Waals surface area contributed by atoms with Crippen LogP contribution in [0.3, 0.4) is 0 Å². The number of amides is 1. The number of aromatic nitrogens is 5. The Bertz CT molecular complexity index is 1300. The third-order valence-electron chi connectivity index (χ3n) is 5.84. The fourth-order valence-electron chi connectivity index (χ4n) is 4.15. The highest BCUT2D eigenvalue weighted by Crippen LogP contribution is 2.38. The van der Waals surface area contributed by atoms with Gasteiger partial charge in [0.25, 0.3) is 5.91 Å². The molecule has 4 aromatic rings. The summed E-state index contributed by atoms with van der Waals surface area (Å²) < 4.78 is 36.9. The van der Waals surface area contributed by atoms with Crippen molar-refractivity contribution in [1.82, 2.24) is 25.6 Å². The van der Waals surface area contributed by atoms with Gasteiger partial charge in [0, 0.05) is 29.7 Å². The molecule has 1 amide bonds. The van der Waals surface area contributed by atoms with Crippen molar-refractivity contribution in [2.75, 3.05) is 4.90 Å². The summed E-state index contributed by atoms with van der Waals surface area (Å²) in [4.78, 5) is 19.1. The molecule has 9 nitrogen and oxygen atoms in total. The molecule has 11 heteroatoms. The lowest BCUT2D eigenvalue weighted by atomic mass is 10.1. The summed E-state index contributed by atoms with van der Waals surface area (Å²) >= 11 is 0. The van der Waals surface area contributed by atoms with Crippen molar-refractivity contribution in [1.29, 1.82) is 0 Å². The molecule has 2 aromatic carbocycles. The number of carbonyl (C=O) groups is 1. The molecule has 1 aliphatic rings. The van der Waals surface area contributed by atoms with Gasteiger partial charge in [-0.1, -0.05) is 0 Å². The quantitative estimate of drug-likeness (QED) is 0.362. The van der Waals surface area contributed by atoms with Crippen LogP contribution in [0.4, 0.5) is 20.2 Å². The fraction of sp³-hybridized carbons (Fsp3) is 0.240. The number of anilines is 2. The first kappa shape index (κ1) is 23.3. The van der Waals surface area contributed by atoms with E-state index in [4.69, 9.17) is 9.47 Å². The van der Waals surface area contributed by atoms with Crippen LogP contribution in [0.15, 0.2) is 67.0 Å². The molecule has 0 radical (unpaired) electrons. The first-order valence-corrected chi connectivity index (χ1v) is 11.4. The van der Waals surface area contributed by atoms with Crippen molar-refractivity contribution < 1.29 is 23.0 Å². The molecule has 1 N–H and O–H groups in total. The van der Waals surface area contributed by atoms with E-state index in [1.807, 2.05) is 0 Å². The van der Waals surface area contributed by atoms with E-state index in [0.717, 1.165) is 25.7 Å². The normalized spacial score (nSPS) is 13.6. The number of hydrogen-bond donors (Lipinski definition) is 1. The van der Waals surface area contributed by atoms with Gasteiger partial charge >= 0.3 is 6.61 Å². The highest BCUT2D eigenvalue weighted by Gasteiger charge is 2.25. The smallest absolute Gasteiger partial charge is 0.387 e. The minimum atomic E-state index is -3.01. The summed E-state index contributed by atoms with van der Waals surface area (Å²) in [5.41, 5.74) is 2.01. The topological polar surface area (TPSA) is 106 Å². The first-order valence-electron chi connectivity index (χ1n) is 11.4. The number of aromatic amines is 1. The average Bonchev–Trinajstić information content (AvgIpc) is 3.61. The Morgan fingerprint density at radius 3 is 2.47 bits per heavy atom. The van der Waals surface area contributed by atoms with Gasteiger partial charge in [-0.15, -0.1) is 10.2 Å². The van der Waals surface area contributed by atoms with Gasteiger partial charge in [0.2, 0.25) is 5.82 Å². The molecule has 0 saturated heterocycles. The SMILES string of the molecule is O=C(c1cccnc1)N(c1ccc(-c2nn[nH]n2)cc1)c1ccc(OC(F)F)c(OC2CCCC2)c1. The highest BCUT2D eigenvalue weighted by atomic mass is 19.3. The number of rotatable bonds is 8. The number of alkyl halides is 2. The van der Waals surface area contributed by atoms with E-state index in [2.05, 4.69) is 25.6 Å². The lowest BCUT2D eigenvalue weighted by Crippen LogP contribution is -2.26. The summed E-state index contributed by atoms with van der Waals surface area (Å²) in [6.45, 7) is -3.01. The van der Waals surface area contributed by atoms with E-state index >= 15 is 0 Å². The van der Waals surface area contributed by atoms with E-state index in [-0.39, 0.29) is 23.5 Å². The van der Waals surface area contributed by atoms with E-state index in [1.54, 1.807) is 54.7 Å². The van der Waals surface area contributed by atoms with Crippen molar-refractivity contribution in [3.05, 3.63) is 72.6 Å². The molecule has 0 aliphatic heterocycles. The number of carbonyl (C=O) groups excluding carboxylic acids is 1. The molecule has 2 heterocycles. The molecule has 0 unspecified atom stereocenters. The van der Waals surface area contributed by atoms with Gasteiger partial charge in [-0.25, -0.2) is 0 Å². The zero-order valence-electron chi connectivity index (χ0n) is 19.1. The standard InChI is InChI=1S/C25H22F2N6O3/c26-25(27)36-21-12-11-19(14-22(21)35-20-5-1-2-6-20)33(24(34)17-4-3-13-28-15-17)18-9-7-16(8-10-18)23-29-31-32-30-23/h3-4,7-15,20,25H,1-2,5-6H2,(H,29,30,31,32). The maximum Gasteiger partial charge on any atom is 0.387 e. The molecule has 36 heavy (non-hydrogen) atoms. The molecule has 1 saturated carbocycles. The predicted molar refractivity (Wildman–Crippen MR) is 126 cm³/mol. The van der Waals surface area contributed by atoms with Gasteiger partial charge in [0.05, 0.1) is 17.4 Å². The molecular formula is C25H22F2N6O3. The second-order valence-electron chi connectivity index (χ2n) is 8.20. The van der Waals surface area contributed by atoms with Crippen LogP contribution in [0.25, 0.3) is 11.4 Å². The van der Waals surface area contributed by atoms with Crippen molar-refractivity contribution >= 4 is 17.3 Å². The summed E-state index contributed by atoms with van der Waals surface area (Å²) in [6, 6.07) is 14.8. The Labute approximate surface area is 205 Å². The number of nitrogens with zero attached hydrogens (tertiary/aromatic N) is 5. The number of H-pyrrole nitrogens is 1. The van der Waals surface area contributed by atoms with Crippen molar-refractivity contribution in [2.24, 2.45) is 0 Å². The van der Waals surface area contributed by atoms with Gasteiger partial charge in [-0.3, -0.25) is 14.7 Å². The molecule has 1 aliphatic carbocycles. The van der Waals surface area contributed by atoms with Crippen LogP contribution in [0, 0.1) is 0 Å². The van der Waals surface area contributed by atoms with Crippen LogP contribution in [0.2, 0.25) is 0 Å². The van der Waals surface area contributed by atoms with Crippen LogP contribution < -0.4 is 14.4 Å². The van der Waals surface area contributed by atoms with Crippen molar-refractivity contribution in [3.8, 4) is 22.9 Å². The number of halogens is 2. The molecule has 184 valence electrons. The summed E-state index contributed by atoms with van der Waals surface area (Å²) in [5, 5.41) is 13.9. The number of hydrogen-bond acceptors (Lipinski definition) is 7. The second-order valence-corrected chi connectivity index (χ2v) is 8.20. The highest BCUT2D eigenvalue weighted by molar-refractivity contribution is 6.11. The Hall–Kier alpha value is -4.41. The largest absolute Gasteiger partial charge is 0.486 e. The number of pyridine rings is 1. The monoisotopic (exact) mass is 492 g/mol. The summed E-state index contributed by atoms with van der Waals surface area (Å²) in [6.07, 6.45) is 6.61. The first-order chi connectivity index (χ1) is 17.6. The summed E-state index contributed by atoms with van der Waals surface area (Å²) in [7, 11) is 0. The molecule has 5 rings (SSSR count). The predicted octanol–water partition coefficient (Wildman–Crippen LogP) is 5.16. The molecule has 0 bridgehead atoms. The van der Waals surface area contributed by atoms with E-state index < -0.39 is 6.61 Å². The van der Waals surface area contributed by atoms with Crippen LogP contribution >= 0.6 is 0 Å². The number of tetrazole rings is 1. The minimum Gasteiger partial charge on any atom is -0.486 e. The Morgan fingerprint density at radius 1 is 1.03 bits per heavy atom. The van der Waals surface area contributed by atoms with Gasteiger partial charge in [-0.2, -0.15) is 14.0 Å². The molecule has 0 atom stereocenters. The maximum atomic E-state index is 13.6. The summed E-state index contributed by atoms with van der Waals surface area (Å²) in [5.74, 6) is 0.131. The number of ether oxygens (including phenoxy) is 2. The third kappa shape index (κ3) is 5.14. The molecule has 0 spiro atoms. The van der Waals surface area contributed by atoms with Gasteiger partial charge in [0.15, 0.2) is 11.5 Å². The van der Waals surface area contributed by atoms with E-state index in [1.165, 1.54) is 17.2 Å². The van der Waals surface area contributed by atoms with Crippen LogP contribution in [0.1, 0.15) is 36.0 Å². The Morgan fingerprint density at radius 2 is 1.81 bits per heavy atom. The van der Waals surface area contributed by atoms with Crippen LogP contribution in [0.5, 0.6) is 11.5 Å². The third-order valence-corrected chi connectivity index (χ3v) is 5.84. The zero-order valence-corrected chi connectivity index (χ0v) is 19.1. The zero-order chi connectivity index (χ0) is 24.9. The minimum absolute atomic E-state index is 0.0816. The van der Waals surface area contributed by atoms with Gasteiger partial charge in [0.1, 0.15) is 0 Å². The van der Waals surface area contributed by atoms with Gasteiger partial charge < -0.3 is 9.47 Å². The molecule has 2 aromatic heterocycles. The maximum absolute atomic E-state index is 13.6. The molecular weight excluding hydrogens is 470 g/mol. The van der Waals surface area contributed by atoms with E-state index in [9.17, 15) is 13.6 Å². The Balaban J connectivity index is 1.55. The molecule has 1 fully saturated rings. The van der Waals surface area contributed by atoms with Crippen molar-refractivity contribution in [3.63, 3.8) is 0 Å². The van der Waals surface area contributed by atoms with E-state index in [0.29, 0.717) is 28.3 Å². The average molecular weight is 492 g/mol. The lowest BCUT2D eigenvalue weighted by Gasteiger charge is -2.25. The Kier molecular flexibility index (Phi) is 6.78. The van der Waals surface area contributed by atoms with Crippen LogP contribution in [-0.2, 0) is 0 Å². The van der Waals surface area contributed by atoms with Crippen molar-refractivity contribution in [2.45, 2.75) is 38.4 Å². The number of benzene rings is 2. The number of nitrogens with one attached hydrogen (secondary N) is 1. The fourth-order valence-corrected chi connectivity index (χ4v) is 4.15.